The first-order chi connectivity index (χ1) is 15.0. The minimum absolute atomic E-state index is 0.0282. The maximum Gasteiger partial charge on any atom is 0.242 e. The van der Waals surface area contributed by atoms with Crippen LogP contribution in [0.3, 0.4) is 0 Å². The Hall–Kier alpha value is -2.58. The zero-order valence-corrected chi connectivity index (χ0v) is 19.2. The van der Waals surface area contributed by atoms with Gasteiger partial charge in [-0.2, -0.15) is 0 Å². The van der Waals surface area contributed by atoms with Gasteiger partial charge in [0.2, 0.25) is 18.6 Å². The second kappa shape index (κ2) is 11.2. The fourth-order valence-electron chi connectivity index (χ4n) is 3.32. The fourth-order valence-corrected chi connectivity index (χ4v) is 4.04. The fraction of sp³-hybridized carbons (Fsp3) is 0.478. The van der Waals surface area contributed by atoms with Crippen molar-refractivity contribution in [1.82, 2.24) is 9.80 Å². The quantitative estimate of drug-likeness (QED) is 0.528. The maximum absolute atomic E-state index is 13.3. The van der Waals surface area contributed by atoms with Gasteiger partial charge in [0.05, 0.1) is 19.7 Å². The topological polar surface area (TPSA) is 68.3 Å². The lowest BCUT2D eigenvalue weighted by atomic mass is 10.1. The maximum atomic E-state index is 13.3. The molecule has 0 aliphatic carbocycles. The molecule has 0 fully saturated rings. The Bertz CT molecular complexity index is 869. The molecule has 2 heterocycles. The number of thiophene rings is 1. The number of nitrogens with zero attached hydrogens (tertiary/aromatic N) is 2. The summed E-state index contributed by atoms with van der Waals surface area (Å²) in [7, 11) is 1.59. The summed E-state index contributed by atoms with van der Waals surface area (Å²) >= 11 is 1.61. The van der Waals surface area contributed by atoms with E-state index in [1.807, 2.05) is 49.6 Å². The molecule has 1 aliphatic heterocycles. The van der Waals surface area contributed by atoms with Gasteiger partial charge in [0.25, 0.3) is 0 Å². The molecular formula is C23H30N2O5S. The lowest BCUT2D eigenvalue weighted by Gasteiger charge is -2.28. The Morgan fingerprint density at radius 3 is 2.61 bits per heavy atom. The number of carbonyl (C=O) groups is 2. The summed E-state index contributed by atoms with van der Waals surface area (Å²) < 4.78 is 16.0. The molecule has 0 bridgehead atoms. The Balaban J connectivity index is 1.74. The van der Waals surface area contributed by atoms with E-state index < -0.39 is 0 Å². The second-order valence-electron chi connectivity index (χ2n) is 7.92. The predicted molar refractivity (Wildman–Crippen MR) is 119 cm³/mol. The van der Waals surface area contributed by atoms with Crippen LogP contribution in [-0.4, -0.2) is 55.2 Å². The van der Waals surface area contributed by atoms with E-state index in [1.165, 1.54) is 0 Å². The van der Waals surface area contributed by atoms with Crippen molar-refractivity contribution < 1.29 is 23.8 Å². The molecule has 1 aliphatic rings. The standard InChI is InChI=1S/C23H30N2O5S/c1-17(2)11-22(26)24(8-9-28-3)15-23(27)25(14-19-5-4-10-31-19)13-18-6-7-20-21(12-18)30-16-29-20/h4-7,10,12,17H,8-9,11,13-16H2,1-3H3. The molecule has 0 unspecified atom stereocenters. The zero-order chi connectivity index (χ0) is 22.2. The number of amides is 2. The molecule has 3 rings (SSSR count). The monoisotopic (exact) mass is 446 g/mol. The van der Waals surface area contributed by atoms with E-state index in [0.717, 1.165) is 10.4 Å². The van der Waals surface area contributed by atoms with Gasteiger partial charge in [-0.25, -0.2) is 0 Å². The molecule has 0 saturated carbocycles. The van der Waals surface area contributed by atoms with Gasteiger partial charge in [-0.05, 0) is 35.1 Å². The van der Waals surface area contributed by atoms with Crippen LogP contribution in [0.5, 0.6) is 11.5 Å². The van der Waals surface area contributed by atoms with E-state index in [1.54, 1.807) is 28.2 Å². The average Bonchev–Trinajstić information content (AvgIpc) is 3.41. The molecule has 0 spiro atoms. The Labute approximate surface area is 187 Å². The van der Waals surface area contributed by atoms with Crippen molar-refractivity contribution in [2.75, 3.05) is 33.6 Å². The van der Waals surface area contributed by atoms with Crippen LogP contribution in [0.2, 0.25) is 0 Å². The Morgan fingerprint density at radius 1 is 1.10 bits per heavy atom. The molecule has 0 atom stereocenters. The van der Waals surface area contributed by atoms with Crippen LogP contribution >= 0.6 is 11.3 Å². The van der Waals surface area contributed by atoms with E-state index in [0.29, 0.717) is 44.2 Å². The number of methoxy groups -OCH3 is 1. The van der Waals surface area contributed by atoms with Crippen molar-refractivity contribution in [2.24, 2.45) is 5.92 Å². The van der Waals surface area contributed by atoms with Crippen molar-refractivity contribution >= 4 is 23.2 Å². The lowest BCUT2D eigenvalue weighted by molar-refractivity contribution is -0.142. The summed E-state index contributed by atoms with van der Waals surface area (Å²) in [5.41, 5.74) is 0.950. The van der Waals surface area contributed by atoms with Crippen LogP contribution in [0.25, 0.3) is 0 Å². The Morgan fingerprint density at radius 2 is 1.90 bits per heavy atom. The molecule has 1 aromatic heterocycles. The van der Waals surface area contributed by atoms with Crippen molar-refractivity contribution in [2.45, 2.75) is 33.4 Å². The van der Waals surface area contributed by atoms with Crippen LogP contribution < -0.4 is 9.47 Å². The Kier molecular flexibility index (Phi) is 8.31. The number of benzene rings is 1. The smallest absolute Gasteiger partial charge is 0.242 e. The van der Waals surface area contributed by atoms with Gasteiger partial charge in [-0.15, -0.1) is 11.3 Å². The third-order valence-electron chi connectivity index (χ3n) is 4.92. The van der Waals surface area contributed by atoms with E-state index in [4.69, 9.17) is 14.2 Å². The van der Waals surface area contributed by atoms with Gasteiger partial charge in [0.15, 0.2) is 11.5 Å². The third kappa shape index (κ3) is 6.70. The molecule has 0 radical (unpaired) electrons. The van der Waals surface area contributed by atoms with Crippen LogP contribution in [0.4, 0.5) is 0 Å². The minimum Gasteiger partial charge on any atom is -0.454 e. The molecule has 0 N–H and O–H groups in total. The minimum atomic E-state index is -0.0979. The van der Waals surface area contributed by atoms with Crippen LogP contribution in [-0.2, 0) is 27.4 Å². The largest absolute Gasteiger partial charge is 0.454 e. The lowest BCUT2D eigenvalue weighted by Crippen LogP contribution is -2.44. The van der Waals surface area contributed by atoms with Crippen LogP contribution in [0, 0.1) is 5.92 Å². The van der Waals surface area contributed by atoms with Crippen molar-refractivity contribution in [3.63, 3.8) is 0 Å². The van der Waals surface area contributed by atoms with Crippen molar-refractivity contribution in [3.05, 3.63) is 46.2 Å². The van der Waals surface area contributed by atoms with Crippen LogP contribution in [0.1, 0.15) is 30.7 Å². The average molecular weight is 447 g/mol. The van der Waals surface area contributed by atoms with Gasteiger partial charge in [0, 0.05) is 31.5 Å². The molecule has 7 nitrogen and oxygen atoms in total. The van der Waals surface area contributed by atoms with Crippen LogP contribution in [0.15, 0.2) is 35.7 Å². The van der Waals surface area contributed by atoms with Gasteiger partial charge in [-0.1, -0.05) is 26.0 Å². The van der Waals surface area contributed by atoms with E-state index in [-0.39, 0.29) is 31.1 Å². The van der Waals surface area contributed by atoms with Crippen molar-refractivity contribution in [1.29, 1.82) is 0 Å². The highest BCUT2D eigenvalue weighted by molar-refractivity contribution is 7.09. The highest BCUT2D eigenvalue weighted by Gasteiger charge is 2.23. The van der Waals surface area contributed by atoms with Gasteiger partial charge in [-0.3, -0.25) is 9.59 Å². The summed E-state index contributed by atoms with van der Waals surface area (Å²) in [6.07, 6.45) is 0.407. The summed E-state index contributed by atoms with van der Waals surface area (Å²) in [6.45, 7) is 5.93. The van der Waals surface area contributed by atoms with E-state index >= 15 is 0 Å². The molecule has 8 heteroatoms. The highest BCUT2D eigenvalue weighted by Crippen LogP contribution is 2.33. The first-order valence-corrected chi connectivity index (χ1v) is 11.3. The first kappa shape index (κ1) is 23.1. The van der Waals surface area contributed by atoms with Gasteiger partial charge >= 0.3 is 0 Å². The molecule has 2 aromatic rings. The van der Waals surface area contributed by atoms with E-state index in [9.17, 15) is 9.59 Å². The molecule has 0 saturated heterocycles. The molecule has 31 heavy (non-hydrogen) atoms. The number of rotatable bonds is 11. The summed E-state index contributed by atoms with van der Waals surface area (Å²) in [5, 5.41) is 2.00. The molecule has 1 aromatic carbocycles. The SMILES string of the molecule is COCCN(CC(=O)N(Cc1ccc2c(c1)OCO2)Cc1cccs1)C(=O)CC(C)C. The van der Waals surface area contributed by atoms with Crippen molar-refractivity contribution in [3.8, 4) is 11.5 Å². The van der Waals surface area contributed by atoms with Gasteiger partial charge < -0.3 is 24.0 Å². The summed E-state index contributed by atoms with van der Waals surface area (Å²) in [4.78, 5) is 30.5. The molecular weight excluding hydrogens is 416 g/mol. The normalized spacial score (nSPS) is 12.3. The molecule has 2 amide bonds. The summed E-state index contributed by atoms with van der Waals surface area (Å²) in [6, 6.07) is 9.69. The number of ether oxygens (including phenoxy) is 3. The van der Waals surface area contributed by atoms with E-state index in [2.05, 4.69) is 0 Å². The number of hydrogen-bond acceptors (Lipinski definition) is 6. The second-order valence-corrected chi connectivity index (χ2v) is 8.96. The zero-order valence-electron chi connectivity index (χ0n) is 18.3. The highest BCUT2D eigenvalue weighted by atomic mass is 32.1. The third-order valence-corrected chi connectivity index (χ3v) is 5.78. The predicted octanol–water partition coefficient (Wildman–Crippen LogP) is 3.53. The molecule has 168 valence electrons. The number of carbonyl (C=O) groups excluding carboxylic acids is 2. The first-order valence-electron chi connectivity index (χ1n) is 10.4. The number of hydrogen-bond donors (Lipinski definition) is 0. The summed E-state index contributed by atoms with van der Waals surface area (Å²) in [5.74, 6) is 1.50. The number of fused-ring (bicyclic) bond motifs is 1. The van der Waals surface area contributed by atoms with Gasteiger partial charge in [0.1, 0.15) is 0 Å².